The van der Waals surface area contributed by atoms with Crippen molar-refractivity contribution in [2.45, 2.75) is 13.2 Å². The first kappa shape index (κ1) is 21.7. The molecule has 9 heteroatoms. The molecule has 0 bridgehead atoms. The van der Waals surface area contributed by atoms with Crippen LogP contribution in [0.25, 0.3) is 0 Å². The molecule has 0 aliphatic heterocycles. The van der Waals surface area contributed by atoms with Crippen LogP contribution in [0.5, 0.6) is 5.75 Å². The Hall–Kier alpha value is -2.51. The number of halogens is 3. The van der Waals surface area contributed by atoms with Crippen molar-refractivity contribution in [2.24, 2.45) is 0 Å². The lowest BCUT2D eigenvalue weighted by Gasteiger charge is -2.06. The quantitative estimate of drug-likeness (QED) is 0.309. The van der Waals surface area contributed by atoms with Gasteiger partial charge in [0.15, 0.2) is 0 Å². The number of nitrogens with one attached hydrogen (secondary N) is 1. The van der Waals surface area contributed by atoms with Crippen molar-refractivity contribution in [1.82, 2.24) is 9.78 Å². The number of carbonyl (C=O) groups excluding carboxylic acids is 1. The van der Waals surface area contributed by atoms with Crippen molar-refractivity contribution in [1.29, 1.82) is 0 Å². The van der Waals surface area contributed by atoms with Crippen LogP contribution in [-0.4, -0.2) is 15.7 Å². The molecule has 0 fully saturated rings. The number of carbonyl (C=O) groups is 1. The minimum Gasteiger partial charge on any atom is -0.487 e. The lowest BCUT2D eigenvalue weighted by molar-refractivity contribution is 0.103. The van der Waals surface area contributed by atoms with E-state index in [9.17, 15) is 4.79 Å². The Labute approximate surface area is 198 Å². The number of nitrogens with zero attached hydrogens (tertiary/aromatic N) is 2. The van der Waals surface area contributed by atoms with Crippen LogP contribution in [0.1, 0.15) is 20.8 Å². The topological polar surface area (TPSA) is 56.2 Å². The molecule has 0 saturated carbocycles. The predicted molar refractivity (Wildman–Crippen MR) is 126 cm³/mol. The zero-order chi connectivity index (χ0) is 21.8. The summed E-state index contributed by atoms with van der Waals surface area (Å²) in [6, 6.07) is 14.5. The highest BCUT2D eigenvalue weighted by molar-refractivity contribution is 7.12. The summed E-state index contributed by atoms with van der Waals surface area (Å²) >= 11 is 19.5. The molecule has 0 aliphatic rings. The van der Waals surface area contributed by atoms with Gasteiger partial charge >= 0.3 is 0 Å². The van der Waals surface area contributed by atoms with Crippen molar-refractivity contribution in [2.75, 3.05) is 5.32 Å². The van der Waals surface area contributed by atoms with Crippen LogP contribution < -0.4 is 10.1 Å². The molecular weight excluding hydrogens is 477 g/mol. The Morgan fingerprint density at radius 3 is 2.68 bits per heavy atom. The number of anilines is 1. The van der Waals surface area contributed by atoms with Crippen molar-refractivity contribution in [3.63, 3.8) is 0 Å². The lowest BCUT2D eigenvalue weighted by atomic mass is 10.2. The highest BCUT2D eigenvalue weighted by atomic mass is 35.5. The van der Waals surface area contributed by atoms with Gasteiger partial charge in [0.1, 0.15) is 12.4 Å². The third-order valence-electron chi connectivity index (χ3n) is 4.33. The first-order valence-corrected chi connectivity index (χ1v) is 11.2. The Kier molecular flexibility index (Phi) is 6.83. The molecule has 0 radical (unpaired) electrons. The van der Waals surface area contributed by atoms with Crippen LogP contribution >= 0.6 is 46.1 Å². The monoisotopic (exact) mass is 491 g/mol. The smallest absolute Gasteiger partial charge is 0.265 e. The summed E-state index contributed by atoms with van der Waals surface area (Å²) in [7, 11) is 0. The molecule has 2 heterocycles. The molecule has 4 rings (SSSR count). The number of aromatic nitrogens is 2. The molecule has 0 atom stereocenters. The molecule has 0 aliphatic carbocycles. The number of ether oxygens (including phenoxy) is 1. The Morgan fingerprint density at radius 1 is 1.03 bits per heavy atom. The predicted octanol–water partition coefficient (Wildman–Crippen LogP) is 6.78. The fourth-order valence-corrected chi connectivity index (χ4v) is 4.13. The van der Waals surface area contributed by atoms with Crippen molar-refractivity contribution < 1.29 is 9.53 Å². The minimum atomic E-state index is -0.205. The average molecular weight is 493 g/mol. The number of hydrogen-bond acceptors (Lipinski definition) is 4. The standard InChI is InChI=1S/C22H16Cl3N3O2S/c23-17-6-5-14(7-19(17)25)10-28-11-16(9-26-28)27-22(29)21-8-15(13-31-21)12-30-20-4-2-1-3-18(20)24/h1-9,11,13H,10,12H2,(H,27,29). The number of hydrogen-bond donors (Lipinski definition) is 1. The molecule has 0 saturated heterocycles. The molecule has 0 spiro atoms. The maximum Gasteiger partial charge on any atom is 0.265 e. The molecule has 0 unspecified atom stereocenters. The van der Waals surface area contributed by atoms with Gasteiger partial charge in [-0.15, -0.1) is 11.3 Å². The second-order valence-corrected chi connectivity index (χ2v) is 8.80. The highest BCUT2D eigenvalue weighted by Crippen LogP contribution is 2.26. The van der Waals surface area contributed by atoms with Crippen LogP contribution in [0.3, 0.4) is 0 Å². The summed E-state index contributed by atoms with van der Waals surface area (Å²) in [6.45, 7) is 0.838. The van der Waals surface area contributed by atoms with Crippen molar-refractivity contribution in [3.05, 3.63) is 97.4 Å². The maximum absolute atomic E-state index is 12.6. The van der Waals surface area contributed by atoms with E-state index < -0.39 is 0 Å². The molecule has 31 heavy (non-hydrogen) atoms. The van der Waals surface area contributed by atoms with E-state index >= 15 is 0 Å². The van der Waals surface area contributed by atoms with E-state index in [1.807, 2.05) is 23.6 Å². The Bertz CT molecular complexity index is 1220. The third kappa shape index (κ3) is 5.60. The van der Waals surface area contributed by atoms with Crippen molar-refractivity contribution in [3.8, 4) is 5.75 Å². The van der Waals surface area contributed by atoms with Gasteiger partial charge in [-0.1, -0.05) is 53.0 Å². The summed E-state index contributed by atoms with van der Waals surface area (Å²) in [5, 5.41) is 10.6. The Balaban J connectivity index is 1.34. The zero-order valence-corrected chi connectivity index (χ0v) is 19.1. The van der Waals surface area contributed by atoms with E-state index in [4.69, 9.17) is 39.5 Å². The number of benzene rings is 2. The van der Waals surface area contributed by atoms with E-state index in [0.717, 1.165) is 11.1 Å². The molecule has 158 valence electrons. The molecular formula is C22H16Cl3N3O2S. The average Bonchev–Trinajstić information content (AvgIpc) is 3.40. The summed E-state index contributed by atoms with van der Waals surface area (Å²) in [4.78, 5) is 13.2. The van der Waals surface area contributed by atoms with Gasteiger partial charge in [0.05, 0.1) is 38.4 Å². The minimum absolute atomic E-state index is 0.205. The maximum atomic E-state index is 12.6. The van der Waals surface area contributed by atoms with Crippen molar-refractivity contribution >= 4 is 57.7 Å². The second-order valence-electron chi connectivity index (χ2n) is 6.67. The van der Waals surface area contributed by atoms with Gasteiger partial charge in [0.2, 0.25) is 0 Å². The second kappa shape index (κ2) is 9.75. The normalized spacial score (nSPS) is 10.8. The van der Waals surface area contributed by atoms with E-state index in [0.29, 0.717) is 44.5 Å². The van der Waals surface area contributed by atoms with Crippen LogP contribution in [0.15, 0.2) is 66.3 Å². The summed E-state index contributed by atoms with van der Waals surface area (Å²) in [5.41, 5.74) is 2.45. The highest BCUT2D eigenvalue weighted by Gasteiger charge is 2.12. The Morgan fingerprint density at radius 2 is 1.87 bits per heavy atom. The summed E-state index contributed by atoms with van der Waals surface area (Å²) in [6.07, 6.45) is 3.36. The van der Waals surface area contributed by atoms with Crippen LogP contribution in [0, 0.1) is 0 Å². The van der Waals surface area contributed by atoms with E-state index in [1.165, 1.54) is 11.3 Å². The number of rotatable bonds is 7. The van der Waals surface area contributed by atoms with E-state index in [2.05, 4.69) is 10.4 Å². The van der Waals surface area contributed by atoms with Crippen LogP contribution in [0.2, 0.25) is 15.1 Å². The van der Waals surface area contributed by atoms with Gasteiger partial charge in [-0.05, 0) is 41.3 Å². The van der Waals surface area contributed by atoms with Crippen LogP contribution in [0.4, 0.5) is 5.69 Å². The first-order valence-electron chi connectivity index (χ1n) is 9.20. The molecule has 5 nitrogen and oxygen atoms in total. The zero-order valence-electron chi connectivity index (χ0n) is 16.0. The van der Waals surface area contributed by atoms with Gasteiger partial charge in [-0.2, -0.15) is 5.10 Å². The molecule has 1 N–H and O–H groups in total. The lowest BCUT2D eigenvalue weighted by Crippen LogP contribution is -2.09. The first-order chi connectivity index (χ1) is 15.0. The molecule has 1 amide bonds. The fourth-order valence-electron chi connectivity index (χ4n) is 2.83. The molecule has 2 aromatic heterocycles. The largest absolute Gasteiger partial charge is 0.487 e. The van der Waals surface area contributed by atoms with E-state index in [-0.39, 0.29) is 5.91 Å². The number of para-hydroxylation sites is 1. The molecule has 4 aromatic rings. The van der Waals surface area contributed by atoms with Gasteiger partial charge < -0.3 is 10.1 Å². The van der Waals surface area contributed by atoms with Gasteiger partial charge in [0.25, 0.3) is 5.91 Å². The number of amides is 1. The SMILES string of the molecule is O=C(Nc1cnn(Cc2ccc(Cl)c(Cl)c2)c1)c1cc(COc2ccccc2Cl)cs1. The summed E-state index contributed by atoms with van der Waals surface area (Å²) < 4.78 is 7.44. The van der Waals surface area contributed by atoms with Gasteiger partial charge in [-0.3, -0.25) is 9.48 Å². The van der Waals surface area contributed by atoms with E-state index in [1.54, 1.807) is 47.4 Å². The molecule has 2 aromatic carbocycles. The third-order valence-corrected chi connectivity index (χ3v) is 6.36. The van der Waals surface area contributed by atoms with Crippen LogP contribution in [-0.2, 0) is 13.2 Å². The fraction of sp³-hybridized carbons (Fsp3) is 0.0909. The summed E-state index contributed by atoms with van der Waals surface area (Å²) in [5.74, 6) is 0.402. The van der Waals surface area contributed by atoms with Gasteiger partial charge in [-0.25, -0.2) is 0 Å². The number of thiophene rings is 1. The van der Waals surface area contributed by atoms with Gasteiger partial charge in [0, 0.05) is 11.8 Å².